The summed E-state index contributed by atoms with van der Waals surface area (Å²) in [7, 11) is 1.42. The van der Waals surface area contributed by atoms with Crippen LogP contribution >= 0.6 is 0 Å². The summed E-state index contributed by atoms with van der Waals surface area (Å²) in [4.78, 5) is 11.1. The van der Waals surface area contributed by atoms with Crippen LogP contribution in [0.2, 0.25) is 0 Å². The van der Waals surface area contributed by atoms with E-state index >= 15 is 0 Å². The SMILES string of the molecule is COCC(C)(C(=O)O)c1cccc(F)c1. The van der Waals surface area contributed by atoms with Gasteiger partial charge in [-0.05, 0) is 24.6 Å². The number of carboxylic acid groups (broad SMARTS) is 1. The predicted octanol–water partition coefficient (Wildman–Crippen LogP) is 1.81. The number of aliphatic carboxylic acids is 1. The second-order valence-electron chi connectivity index (χ2n) is 3.58. The van der Waals surface area contributed by atoms with E-state index in [0.717, 1.165) is 0 Å². The van der Waals surface area contributed by atoms with Crippen LogP contribution in [0.5, 0.6) is 0 Å². The van der Waals surface area contributed by atoms with Gasteiger partial charge < -0.3 is 9.84 Å². The van der Waals surface area contributed by atoms with Crippen molar-refractivity contribution in [1.82, 2.24) is 0 Å². The third-order valence-electron chi connectivity index (χ3n) is 2.37. The third-order valence-corrected chi connectivity index (χ3v) is 2.37. The zero-order valence-electron chi connectivity index (χ0n) is 8.66. The number of halogens is 1. The molecule has 1 aromatic rings. The van der Waals surface area contributed by atoms with E-state index in [1.165, 1.54) is 32.2 Å². The number of carbonyl (C=O) groups is 1. The van der Waals surface area contributed by atoms with Gasteiger partial charge >= 0.3 is 5.97 Å². The van der Waals surface area contributed by atoms with Crippen LogP contribution in [0.25, 0.3) is 0 Å². The van der Waals surface area contributed by atoms with E-state index in [0.29, 0.717) is 5.56 Å². The topological polar surface area (TPSA) is 46.5 Å². The first-order chi connectivity index (χ1) is 7.00. The number of methoxy groups -OCH3 is 1. The van der Waals surface area contributed by atoms with Crippen LogP contribution in [0.15, 0.2) is 24.3 Å². The fourth-order valence-corrected chi connectivity index (χ4v) is 1.39. The number of carboxylic acids is 1. The second-order valence-corrected chi connectivity index (χ2v) is 3.58. The maximum atomic E-state index is 13.0. The maximum Gasteiger partial charge on any atom is 0.316 e. The normalized spacial score (nSPS) is 14.6. The van der Waals surface area contributed by atoms with Gasteiger partial charge in [0.15, 0.2) is 0 Å². The molecule has 0 spiro atoms. The van der Waals surface area contributed by atoms with Crippen molar-refractivity contribution >= 4 is 5.97 Å². The van der Waals surface area contributed by atoms with E-state index in [2.05, 4.69) is 0 Å². The summed E-state index contributed by atoms with van der Waals surface area (Å²) in [6.45, 7) is 1.51. The summed E-state index contributed by atoms with van der Waals surface area (Å²) >= 11 is 0. The van der Waals surface area contributed by atoms with Crippen molar-refractivity contribution < 1.29 is 19.0 Å². The first-order valence-corrected chi connectivity index (χ1v) is 4.49. The lowest BCUT2D eigenvalue weighted by Crippen LogP contribution is -2.37. The smallest absolute Gasteiger partial charge is 0.316 e. The summed E-state index contributed by atoms with van der Waals surface area (Å²) in [5, 5.41) is 9.11. The number of hydrogen-bond acceptors (Lipinski definition) is 2. The largest absolute Gasteiger partial charge is 0.481 e. The van der Waals surface area contributed by atoms with Crippen LogP contribution in [0.4, 0.5) is 4.39 Å². The monoisotopic (exact) mass is 212 g/mol. The molecule has 0 bridgehead atoms. The fraction of sp³-hybridized carbons (Fsp3) is 0.364. The molecule has 0 saturated heterocycles. The molecule has 0 aliphatic carbocycles. The van der Waals surface area contributed by atoms with E-state index in [1.807, 2.05) is 0 Å². The van der Waals surface area contributed by atoms with Crippen molar-refractivity contribution in [3.8, 4) is 0 Å². The molecule has 1 N–H and O–H groups in total. The maximum absolute atomic E-state index is 13.0. The van der Waals surface area contributed by atoms with Crippen LogP contribution in [0.1, 0.15) is 12.5 Å². The minimum Gasteiger partial charge on any atom is -0.481 e. The Labute approximate surface area is 87.5 Å². The van der Waals surface area contributed by atoms with E-state index in [9.17, 15) is 9.18 Å². The molecule has 0 aliphatic rings. The minimum atomic E-state index is -1.21. The number of ether oxygens (including phenoxy) is 1. The average molecular weight is 212 g/mol. The fourth-order valence-electron chi connectivity index (χ4n) is 1.39. The number of rotatable bonds is 4. The number of benzene rings is 1. The first-order valence-electron chi connectivity index (χ1n) is 4.49. The highest BCUT2D eigenvalue weighted by Gasteiger charge is 2.35. The van der Waals surface area contributed by atoms with Gasteiger partial charge in [0.1, 0.15) is 11.2 Å². The molecule has 1 atom stereocenters. The van der Waals surface area contributed by atoms with E-state index in [1.54, 1.807) is 6.07 Å². The predicted molar refractivity (Wildman–Crippen MR) is 53.3 cm³/mol. The number of hydrogen-bond donors (Lipinski definition) is 1. The van der Waals surface area contributed by atoms with Gasteiger partial charge in [0, 0.05) is 7.11 Å². The van der Waals surface area contributed by atoms with Crippen LogP contribution in [-0.2, 0) is 14.9 Å². The molecule has 1 aromatic carbocycles. The van der Waals surface area contributed by atoms with Gasteiger partial charge in [-0.25, -0.2) is 4.39 Å². The molecule has 0 radical (unpaired) electrons. The van der Waals surface area contributed by atoms with Gasteiger partial charge in [0.05, 0.1) is 6.61 Å². The lowest BCUT2D eigenvalue weighted by Gasteiger charge is -2.24. The molecule has 1 rings (SSSR count). The highest BCUT2D eigenvalue weighted by molar-refractivity contribution is 5.81. The Morgan fingerprint density at radius 2 is 2.27 bits per heavy atom. The summed E-state index contributed by atoms with van der Waals surface area (Å²) in [5.41, 5.74) is -0.812. The average Bonchev–Trinajstić information content (AvgIpc) is 2.17. The molecule has 4 heteroatoms. The molecule has 0 fully saturated rings. The molecule has 0 saturated carbocycles. The summed E-state index contributed by atoms with van der Waals surface area (Å²) < 4.78 is 17.8. The van der Waals surface area contributed by atoms with Crippen LogP contribution in [0, 0.1) is 5.82 Å². The van der Waals surface area contributed by atoms with Crippen molar-refractivity contribution in [2.24, 2.45) is 0 Å². The zero-order valence-corrected chi connectivity index (χ0v) is 8.66. The van der Waals surface area contributed by atoms with E-state index in [-0.39, 0.29) is 6.61 Å². The molecular weight excluding hydrogens is 199 g/mol. The van der Waals surface area contributed by atoms with Crippen molar-refractivity contribution in [3.63, 3.8) is 0 Å². The summed E-state index contributed by atoms with van der Waals surface area (Å²) in [5.74, 6) is -1.48. The standard InChI is InChI=1S/C11H13FO3/c1-11(7-15-2,10(13)14)8-4-3-5-9(12)6-8/h3-6H,7H2,1-2H3,(H,13,14). The Morgan fingerprint density at radius 3 is 2.73 bits per heavy atom. The Morgan fingerprint density at radius 1 is 1.60 bits per heavy atom. The van der Waals surface area contributed by atoms with Gasteiger partial charge in [0.2, 0.25) is 0 Å². The Bertz CT molecular complexity index is 365. The van der Waals surface area contributed by atoms with E-state index < -0.39 is 17.2 Å². The minimum absolute atomic E-state index is 0.00574. The Kier molecular flexibility index (Phi) is 3.42. The van der Waals surface area contributed by atoms with Crippen molar-refractivity contribution in [1.29, 1.82) is 0 Å². The molecular formula is C11H13FO3. The van der Waals surface area contributed by atoms with Crippen LogP contribution < -0.4 is 0 Å². The molecule has 0 aliphatic heterocycles. The summed E-state index contributed by atoms with van der Waals surface area (Å²) in [6, 6.07) is 5.56. The van der Waals surface area contributed by atoms with Gasteiger partial charge in [-0.3, -0.25) is 4.79 Å². The van der Waals surface area contributed by atoms with Crippen molar-refractivity contribution in [2.75, 3.05) is 13.7 Å². The van der Waals surface area contributed by atoms with Crippen molar-refractivity contribution in [3.05, 3.63) is 35.6 Å². The van der Waals surface area contributed by atoms with E-state index in [4.69, 9.17) is 9.84 Å². The summed E-state index contributed by atoms with van der Waals surface area (Å²) in [6.07, 6.45) is 0. The van der Waals surface area contributed by atoms with Gasteiger partial charge in [0.25, 0.3) is 0 Å². The lowest BCUT2D eigenvalue weighted by molar-refractivity contribution is -0.145. The molecule has 15 heavy (non-hydrogen) atoms. The lowest BCUT2D eigenvalue weighted by atomic mass is 9.83. The quantitative estimate of drug-likeness (QED) is 0.828. The highest BCUT2D eigenvalue weighted by atomic mass is 19.1. The van der Waals surface area contributed by atoms with Crippen LogP contribution in [0.3, 0.4) is 0 Å². The zero-order chi connectivity index (χ0) is 11.5. The Hall–Kier alpha value is -1.42. The second kappa shape index (κ2) is 4.40. The van der Waals surface area contributed by atoms with Gasteiger partial charge in [-0.1, -0.05) is 12.1 Å². The molecule has 1 unspecified atom stereocenters. The molecule has 0 heterocycles. The molecule has 82 valence electrons. The Balaban J connectivity index is 3.15. The molecule has 3 nitrogen and oxygen atoms in total. The highest BCUT2D eigenvalue weighted by Crippen LogP contribution is 2.25. The molecule has 0 aromatic heterocycles. The van der Waals surface area contributed by atoms with Crippen LogP contribution in [-0.4, -0.2) is 24.8 Å². The third kappa shape index (κ3) is 2.33. The first kappa shape index (κ1) is 11.7. The molecule has 0 amide bonds. The van der Waals surface area contributed by atoms with Crippen molar-refractivity contribution in [2.45, 2.75) is 12.3 Å². The van der Waals surface area contributed by atoms with Gasteiger partial charge in [-0.2, -0.15) is 0 Å². The van der Waals surface area contributed by atoms with Gasteiger partial charge in [-0.15, -0.1) is 0 Å².